The van der Waals surface area contributed by atoms with Crippen LogP contribution < -0.4 is 0 Å². The Morgan fingerprint density at radius 1 is 0.364 bits per heavy atom. The number of methoxy groups -OCH3 is 1. The van der Waals surface area contributed by atoms with Crippen LogP contribution in [0.4, 0.5) is 0 Å². The van der Waals surface area contributed by atoms with Gasteiger partial charge in [-0.25, -0.2) is 0 Å². The standard InChI is InChI=1S/C55H60O11/c1-57-54-52(62-37-44-28-16-6-17-29-44)51(61-36-43-26-14-5-15-27-43)49(46(32-56)64-54)66-55-53(63-38-45-30-18-7-19-31-45)50(60-35-42-24-12-4-13-25-42)48(59-34-41-22-10-3-11-23-41)47(65-55)39-58-33-40-20-8-2-9-21-40/h2-31,46-56H,32-39H2,1H3/t46-,47-,48-,49-,50+,51+,52-,53-,54+,55+/m1/s1. The molecule has 0 bridgehead atoms. The van der Waals surface area contributed by atoms with Crippen LogP contribution in [-0.4, -0.2) is 86.8 Å². The summed E-state index contributed by atoms with van der Waals surface area (Å²) in [6, 6.07) is 59.7. The molecule has 11 heteroatoms. The molecule has 346 valence electrons. The normalized spacial score (nSPS) is 25.4. The van der Waals surface area contributed by atoms with Crippen molar-refractivity contribution in [1.29, 1.82) is 0 Å². The molecular formula is C55H60O11. The van der Waals surface area contributed by atoms with Crippen LogP contribution in [0.5, 0.6) is 0 Å². The van der Waals surface area contributed by atoms with E-state index in [0.717, 1.165) is 33.4 Å². The molecule has 0 radical (unpaired) electrons. The van der Waals surface area contributed by atoms with Gasteiger partial charge >= 0.3 is 0 Å². The zero-order valence-corrected chi connectivity index (χ0v) is 37.3. The predicted octanol–water partition coefficient (Wildman–Crippen LogP) is 8.60. The predicted molar refractivity (Wildman–Crippen MR) is 247 cm³/mol. The molecule has 0 unspecified atom stereocenters. The Kier molecular flexibility index (Phi) is 18.0. The van der Waals surface area contributed by atoms with Crippen molar-refractivity contribution in [3.63, 3.8) is 0 Å². The Bertz CT molecular complexity index is 2220. The molecule has 10 atom stereocenters. The van der Waals surface area contributed by atoms with E-state index in [2.05, 4.69) is 0 Å². The number of hydrogen-bond donors (Lipinski definition) is 1. The Labute approximate surface area is 388 Å². The van der Waals surface area contributed by atoms with Gasteiger partial charge in [-0.15, -0.1) is 0 Å². The quantitative estimate of drug-likeness (QED) is 0.0668. The maximum Gasteiger partial charge on any atom is 0.187 e. The second-order valence-corrected chi connectivity index (χ2v) is 16.4. The van der Waals surface area contributed by atoms with Gasteiger partial charge in [0.2, 0.25) is 0 Å². The van der Waals surface area contributed by atoms with Crippen LogP contribution in [-0.2, 0) is 87.0 Å². The molecular weight excluding hydrogens is 837 g/mol. The lowest BCUT2D eigenvalue weighted by Crippen LogP contribution is -2.66. The maximum absolute atomic E-state index is 11.1. The largest absolute Gasteiger partial charge is 0.394 e. The highest BCUT2D eigenvalue weighted by Gasteiger charge is 2.54. The minimum Gasteiger partial charge on any atom is -0.394 e. The number of aliphatic hydroxyl groups is 1. The van der Waals surface area contributed by atoms with E-state index in [1.807, 2.05) is 182 Å². The first kappa shape index (κ1) is 47.4. The minimum atomic E-state index is -1.12. The third-order valence-electron chi connectivity index (χ3n) is 11.7. The summed E-state index contributed by atoms with van der Waals surface area (Å²) in [4.78, 5) is 0. The van der Waals surface area contributed by atoms with Crippen molar-refractivity contribution in [1.82, 2.24) is 0 Å². The van der Waals surface area contributed by atoms with Crippen molar-refractivity contribution in [3.05, 3.63) is 215 Å². The fourth-order valence-corrected chi connectivity index (χ4v) is 8.29. The van der Waals surface area contributed by atoms with Gasteiger partial charge in [-0.2, -0.15) is 0 Å². The third-order valence-corrected chi connectivity index (χ3v) is 11.7. The van der Waals surface area contributed by atoms with E-state index in [-0.39, 0.29) is 39.6 Å². The molecule has 0 saturated carbocycles. The first-order chi connectivity index (χ1) is 32.6. The van der Waals surface area contributed by atoms with Crippen molar-refractivity contribution in [2.24, 2.45) is 0 Å². The van der Waals surface area contributed by atoms with Gasteiger partial charge in [-0.1, -0.05) is 182 Å². The zero-order chi connectivity index (χ0) is 45.2. The Balaban J connectivity index is 1.17. The third kappa shape index (κ3) is 13.3. The second-order valence-electron chi connectivity index (χ2n) is 16.4. The monoisotopic (exact) mass is 896 g/mol. The molecule has 2 aliphatic rings. The van der Waals surface area contributed by atoms with E-state index < -0.39 is 68.0 Å². The first-order valence-corrected chi connectivity index (χ1v) is 22.6. The van der Waals surface area contributed by atoms with E-state index in [4.69, 9.17) is 47.4 Å². The summed E-state index contributed by atoms with van der Waals surface area (Å²) in [5.41, 5.74) is 5.83. The molecule has 6 aromatic carbocycles. The van der Waals surface area contributed by atoms with Crippen LogP contribution in [0.3, 0.4) is 0 Å². The SMILES string of the molecule is CO[C@H]1O[C@H](CO)[C@@H](O[C@@H]2O[C@H](COCc3ccccc3)[C@@H](OCc3ccccc3)[C@H](OCc3ccccc3)[C@H]2OCc2ccccc2)[C@H](OCc2ccccc2)[C@H]1OCc1ccccc1. The van der Waals surface area contributed by atoms with Gasteiger partial charge in [0.1, 0.15) is 48.8 Å². The molecule has 0 aliphatic carbocycles. The zero-order valence-electron chi connectivity index (χ0n) is 37.3. The van der Waals surface area contributed by atoms with Gasteiger partial charge in [0.15, 0.2) is 12.6 Å². The maximum atomic E-state index is 11.1. The lowest BCUT2D eigenvalue weighted by atomic mass is 9.95. The molecule has 1 N–H and O–H groups in total. The number of benzene rings is 6. The van der Waals surface area contributed by atoms with Crippen molar-refractivity contribution in [3.8, 4) is 0 Å². The van der Waals surface area contributed by atoms with Crippen LogP contribution >= 0.6 is 0 Å². The molecule has 11 nitrogen and oxygen atoms in total. The van der Waals surface area contributed by atoms with Gasteiger partial charge in [-0.05, 0) is 33.4 Å². The van der Waals surface area contributed by atoms with E-state index in [9.17, 15) is 5.11 Å². The highest BCUT2D eigenvalue weighted by atomic mass is 16.8. The fourth-order valence-electron chi connectivity index (χ4n) is 8.29. The summed E-state index contributed by atoms with van der Waals surface area (Å²) in [6.07, 6.45) is -8.55. The summed E-state index contributed by atoms with van der Waals surface area (Å²) in [5.74, 6) is 0. The Morgan fingerprint density at radius 2 is 0.682 bits per heavy atom. The van der Waals surface area contributed by atoms with Crippen LogP contribution in [0.2, 0.25) is 0 Å². The molecule has 6 aromatic rings. The van der Waals surface area contributed by atoms with Gasteiger partial charge in [0, 0.05) is 7.11 Å². The van der Waals surface area contributed by atoms with Crippen LogP contribution in [0.15, 0.2) is 182 Å². The minimum absolute atomic E-state index is 0.137. The van der Waals surface area contributed by atoms with Crippen molar-refractivity contribution < 1.29 is 52.5 Å². The van der Waals surface area contributed by atoms with Crippen molar-refractivity contribution in [2.45, 2.75) is 101 Å². The van der Waals surface area contributed by atoms with E-state index >= 15 is 0 Å². The number of hydrogen-bond acceptors (Lipinski definition) is 11. The lowest BCUT2D eigenvalue weighted by Gasteiger charge is -2.50. The van der Waals surface area contributed by atoms with Gasteiger partial charge in [-0.3, -0.25) is 0 Å². The first-order valence-electron chi connectivity index (χ1n) is 22.6. The summed E-state index contributed by atoms with van der Waals surface area (Å²) in [5, 5.41) is 11.1. The topological polar surface area (TPSA) is 113 Å². The smallest absolute Gasteiger partial charge is 0.187 e. The molecule has 8 rings (SSSR count). The lowest BCUT2D eigenvalue weighted by molar-refractivity contribution is -0.375. The van der Waals surface area contributed by atoms with Crippen molar-refractivity contribution in [2.75, 3.05) is 20.3 Å². The molecule has 2 aliphatic heterocycles. The van der Waals surface area contributed by atoms with E-state index in [0.29, 0.717) is 6.61 Å². The number of aliphatic hydroxyl groups excluding tert-OH is 1. The van der Waals surface area contributed by atoms with Crippen LogP contribution in [0, 0.1) is 0 Å². The Hall–Kier alpha value is -5.12. The van der Waals surface area contributed by atoms with E-state index in [1.54, 1.807) is 7.11 Å². The Morgan fingerprint density at radius 3 is 1.06 bits per heavy atom. The molecule has 0 amide bonds. The average molecular weight is 897 g/mol. The molecule has 2 saturated heterocycles. The van der Waals surface area contributed by atoms with Gasteiger partial charge in [0.25, 0.3) is 0 Å². The second kappa shape index (κ2) is 25.1. The summed E-state index contributed by atoms with van der Waals surface area (Å²) < 4.78 is 67.5. The molecule has 2 heterocycles. The number of ether oxygens (including phenoxy) is 10. The summed E-state index contributed by atoms with van der Waals surface area (Å²) in [6.45, 7) is 1.29. The molecule has 0 spiro atoms. The van der Waals surface area contributed by atoms with Gasteiger partial charge < -0.3 is 52.5 Å². The average Bonchev–Trinajstić information content (AvgIpc) is 3.38. The summed E-state index contributed by atoms with van der Waals surface area (Å²) >= 11 is 0. The highest BCUT2D eigenvalue weighted by molar-refractivity contribution is 5.18. The summed E-state index contributed by atoms with van der Waals surface area (Å²) in [7, 11) is 1.55. The van der Waals surface area contributed by atoms with E-state index in [1.165, 1.54) is 0 Å². The molecule has 0 aromatic heterocycles. The van der Waals surface area contributed by atoms with Crippen LogP contribution in [0.1, 0.15) is 33.4 Å². The molecule has 66 heavy (non-hydrogen) atoms. The van der Waals surface area contributed by atoms with Crippen molar-refractivity contribution >= 4 is 0 Å². The molecule has 2 fully saturated rings. The fraction of sp³-hybridized carbons (Fsp3) is 0.345. The number of rotatable bonds is 23. The van der Waals surface area contributed by atoms with Crippen LogP contribution in [0.25, 0.3) is 0 Å². The van der Waals surface area contributed by atoms with Gasteiger partial charge in [0.05, 0.1) is 52.9 Å². The highest BCUT2D eigenvalue weighted by Crippen LogP contribution is 2.36.